The predicted molar refractivity (Wildman–Crippen MR) is 72.4 cm³/mol. The van der Waals surface area contributed by atoms with Crippen LogP contribution in [-0.4, -0.2) is 61.1 Å². The first-order valence-electron chi connectivity index (χ1n) is 6.69. The van der Waals surface area contributed by atoms with E-state index in [1.165, 1.54) is 32.5 Å². The van der Waals surface area contributed by atoms with Crippen LogP contribution in [0.5, 0.6) is 0 Å². The molecule has 0 aromatic heterocycles. The lowest BCUT2D eigenvalue weighted by molar-refractivity contribution is 0.229. The summed E-state index contributed by atoms with van der Waals surface area (Å²) in [6.07, 6.45) is 3.66. The van der Waals surface area contributed by atoms with Crippen molar-refractivity contribution < 1.29 is 8.85 Å². The van der Waals surface area contributed by atoms with Gasteiger partial charge in [0.15, 0.2) is 0 Å². The molecule has 1 heterocycles. The highest BCUT2D eigenvalue weighted by Gasteiger charge is 2.24. The Bertz CT molecular complexity index is 185. The van der Waals surface area contributed by atoms with Crippen molar-refractivity contribution in [2.75, 3.05) is 46.9 Å². The maximum absolute atomic E-state index is 5.45. The lowest BCUT2D eigenvalue weighted by atomic mass is 10.2. The third-order valence-electron chi connectivity index (χ3n) is 3.47. The molecule has 0 amide bonds. The van der Waals surface area contributed by atoms with E-state index in [1.54, 1.807) is 14.2 Å². The van der Waals surface area contributed by atoms with E-state index in [-0.39, 0.29) is 0 Å². The molecule has 101 valence electrons. The largest absolute Gasteiger partial charge is 0.397 e. The van der Waals surface area contributed by atoms with Crippen LogP contribution >= 0.6 is 0 Å². The fraction of sp³-hybridized carbons (Fsp3) is 1.00. The first-order valence-corrected chi connectivity index (χ1v) is 8.09. The first kappa shape index (κ1) is 15.1. The van der Waals surface area contributed by atoms with Crippen LogP contribution in [0.4, 0.5) is 0 Å². The molecule has 1 N–H and O–H groups in total. The molecule has 0 aromatic carbocycles. The van der Waals surface area contributed by atoms with Crippen molar-refractivity contribution in [3.8, 4) is 0 Å². The minimum atomic E-state index is -1.05. The van der Waals surface area contributed by atoms with Crippen molar-refractivity contribution in [2.24, 2.45) is 0 Å². The lowest BCUT2D eigenvalue weighted by Gasteiger charge is -2.28. The molecule has 1 rings (SSSR count). The number of rotatable bonds is 8. The fourth-order valence-corrected chi connectivity index (χ4v) is 4.01. The van der Waals surface area contributed by atoms with Crippen LogP contribution in [0.1, 0.15) is 26.2 Å². The number of piperazine rings is 1. The van der Waals surface area contributed by atoms with Crippen LogP contribution in [-0.2, 0) is 8.85 Å². The van der Waals surface area contributed by atoms with Gasteiger partial charge in [0.2, 0.25) is 0 Å². The molecule has 1 radical (unpaired) electrons. The second kappa shape index (κ2) is 9.05. The maximum Gasteiger partial charge on any atom is 0.387 e. The smallest absolute Gasteiger partial charge is 0.387 e. The number of hydrogen-bond donors (Lipinski definition) is 1. The Balaban J connectivity index is 2.17. The molecule has 0 bridgehead atoms. The second-order valence-electron chi connectivity index (χ2n) is 4.57. The molecule has 1 fully saturated rings. The summed E-state index contributed by atoms with van der Waals surface area (Å²) in [4.78, 5) is 2.55. The van der Waals surface area contributed by atoms with E-state index in [1.807, 2.05) is 0 Å². The molecule has 0 saturated carbocycles. The zero-order chi connectivity index (χ0) is 12.5. The molecular formula is C12H27N2O2Si. The van der Waals surface area contributed by atoms with E-state index in [0.29, 0.717) is 5.54 Å². The summed E-state index contributed by atoms with van der Waals surface area (Å²) in [5.74, 6) is 0. The van der Waals surface area contributed by atoms with E-state index in [4.69, 9.17) is 8.85 Å². The molecule has 0 aromatic rings. The van der Waals surface area contributed by atoms with Crippen LogP contribution in [0.25, 0.3) is 0 Å². The summed E-state index contributed by atoms with van der Waals surface area (Å²) < 4.78 is 10.9. The van der Waals surface area contributed by atoms with Crippen LogP contribution in [0.15, 0.2) is 0 Å². The highest BCUT2D eigenvalue weighted by atomic mass is 28.3. The van der Waals surface area contributed by atoms with Crippen molar-refractivity contribution in [1.82, 2.24) is 10.2 Å². The van der Waals surface area contributed by atoms with Crippen LogP contribution in [0.3, 0.4) is 0 Å². The van der Waals surface area contributed by atoms with Crippen molar-refractivity contribution in [2.45, 2.75) is 31.7 Å². The van der Waals surface area contributed by atoms with Gasteiger partial charge in [0.05, 0.1) is 0 Å². The molecule has 1 atom stereocenters. The summed E-state index contributed by atoms with van der Waals surface area (Å²) in [7, 11) is 2.50. The number of nitrogens with zero attached hydrogens (tertiary/aromatic N) is 1. The quantitative estimate of drug-likeness (QED) is 0.665. The average molecular weight is 259 g/mol. The Morgan fingerprint density at radius 2 is 1.88 bits per heavy atom. The molecule has 1 unspecified atom stereocenters. The molecule has 4 nitrogen and oxygen atoms in total. The van der Waals surface area contributed by atoms with Gasteiger partial charge in [0, 0.05) is 45.9 Å². The maximum atomic E-state index is 5.45. The van der Waals surface area contributed by atoms with Gasteiger partial charge in [-0.1, -0.05) is 13.3 Å². The Labute approximate surface area is 108 Å². The standard InChI is InChI=1S/C12H27N2O2Si/c1-4-12(17(15-2)16-3)6-5-9-14-10-7-13-8-11-14/h12-13H,4-11H2,1-3H3. The predicted octanol–water partition coefficient (Wildman–Crippen LogP) is 1.23. The van der Waals surface area contributed by atoms with Gasteiger partial charge in [-0.2, -0.15) is 0 Å². The first-order chi connectivity index (χ1) is 8.31. The fourth-order valence-electron chi connectivity index (χ4n) is 2.40. The number of hydrogen-bond acceptors (Lipinski definition) is 4. The Hall–Kier alpha value is 0.0569. The third kappa shape index (κ3) is 5.48. The molecule has 5 heteroatoms. The van der Waals surface area contributed by atoms with Gasteiger partial charge in [-0.15, -0.1) is 0 Å². The minimum absolute atomic E-state index is 0.623. The topological polar surface area (TPSA) is 33.7 Å². The van der Waals surface area contributed by atoms with E-state index >= 15 is 0 Å². The molecule has 0 aliphatic carbocycles. The molecule has 0 spiro atoms. The number of nitrogens with one attached hydrogen (secondary N) is 1. The van der Waals surface area contributed by atoms with E-state index < -0.39 is 9.28 Å². The van der Waals surface area contributed by atoms with Crippen molar-refractivity contribution >= 4 is 9.28 Å². The summed E-state index contributed by atoms with van der Waals surface area (Å²) in [6, 6.07) is 0. The van der Waals surface area contributed by atoms with Crippen molar-refractivity contribution in [1.29, 1.82) is 0 Å². The summed E-state index contributed by atoms with van der Waals surface area (Å²) in [5, 5.41) is 3.38. The highest BCUT2D eigenvalue weighted by molar-refractivity contribution is 6.46. The third-order valence-corrected chi connectivity index (χ3v) is 5.63. The highest BCUT2D eigenvalue weighted by Crippen LogP contribution is 2.22. The molecular weight excluding hydrogens is 232 g/mol. The second-order valence-corrected chi connectivity index (χ2v) is 6.84. The van der Waals surface area contributed by atoms with E-state index in [2.05, 4.69) is 17.1 Å². The zero-order valence-electron chi connectivity index (χ0n) is 11.5. The van der Waals surface area contributed by atoms with Crippen LogP contribution in [0, 0.1) is 0 Å². The van der Waals surface area contributed by atoms with Gasteiger partial charge in [0.25, 0.3) is 0 Å². The van der Waals surface area contributed by atoms with Crippen LogP contribution < -0.4 is 5.32 Å². The van der Waals surface area contributed by atoms with Crippen LogP contribution in [0.2, 0.25) is 5.54 Å². The van der Waals surface area contributed by atoms with Gasteiger partial charge in [-0.25, -0.2) is 0 Å². The van der Waals surface area contributed by atoms with Gasteiger partial charge in [0.1, 0.15) is 0 Å². The lowest BCUT2D eigenvalue weighted by Crippen LogP contribution is -2.43. The summed E-state index contributed by atoms with van der Waals surface area (Å²) in [5.41, 5.74) is 0.623. The Morgan fingerprint density at radius 1 is 1.24 bits per heavy atom. The van der Waals surface area contributed by atoms with E-state index in [0.717, 1.165) is 19.5 Å². The van der Waals surface area contributed by atoms with Gasteiger partial charge < -0.3 is 19.1 Å². The van der Waals surface area contributed by atoms with Gasteiger partial charge >= 0.3 is 9.28 Å². The SMILES string of the molecule is CCC(CCCN1CCNCC1)[Si](OC)OC. The minimum Gasteiger partial charge on any atom is -0.397 e. The van der Waals surface area contributed by atoms with Gasteiger partial charge in [-0.3, -0.25) is 0 Å². The summed E-state index contributed by atoms with van der Waals surface area (Å²) >= 11 is 0. The van der Waals surface area contributed by atoms with Crippen molar-refractivity contribution in [3.05, 3.63) is 0 Å². The van der Waals surface area contributed by atoms with Crippen molar-refractivity contribution in [3.63, 3.8) is 0 Å². The zero-order valence-corrected chi connectivity index (χ0v) is 12.5. The molecule has 1 aliphatic rings. The summed E-state index contributed by atoms with van der Waals surface area (Å²) in [6.45, 7) is 8.13. The van der Waals surface area contributed by atoms with E-state index in [9.17, 15) is 0 Å². The molecule has 1 saturated heterocycles. The Morgan fingerprint density at radius 3 is 2.41 bits per heavy atom. The monoisotopic (exact) mass is 259 g/mol. The normalized spacial score (nSPS) is 19.8. The Kier molecular flexibility index (Phi) is 8.05. The average Bonchev–Trinajstić information content (AvgIpc) is 2.39. The molecule has 1 aliphatic heterocycles. The molecule has 17 heavy (non-hydrogen) atoms. The van der Waals surface area contributed by atoms with Gasteiger partial charge in [-0.05, 0) is 19.4 Å².